The van der Waals surface area contributed by atoms with Crippen molar-refractivity contribution in [2.24, 2.45) is 5.92 Å². The summed E-state index contributed by atoms with van der Waals surface area (Å²) in [6, 6.07) is 10.1. The third-order valence-corrected chi connectivity index (χ3v) is 4.88. The summed E-state index contributed by atoms with van der Waals surface area (Å²) in [5.41, 5.74) is 2.90. The number of anilines is 1. The molecule has 2 aromatic rings. The number of nitrogens with zero attached hydrogens (tertiary/aromatic N) is 1. The first-order valence-electron chi connectivity index (χ1n) is 8.44. The summed E-state index contributed by atoms with van der Waals surface area (Å²) in [6.45, 7) is 4.24. The minimum atomic E-state index is -0.481. The van der Waals surface area contributed by atoms with Crippen molar-refractivity contribution in [3.8, 4) is 0 Å². The van der Waals surface area contributed by atoms with E-state index >= 15 is 0 Å². The number of carbonyl (C=O) groups excluding carboxylic acids is 2. The van der Waals surface area contributed by atoms with Crippen molar-refractivity contribution < 1.29 is 14.0 Å². The molecule has 0 radical (unpaired) electrons. The van der Waals surface area contributed by atoms with Gasteiger partial charge < -0.3 is 10.2 Å². The molecule has 2 aromatic carbocycles. The Hall–Kier alpha value is -2.40. The first-order chi connectivity index (χ1) is 12.3. The van der Waals surface area contributed by atoms with E-state index in [1.807, 2.05) is 19.9 Å². The highest BCUT2D eigenvalue weighted by Gasteiger charge is 2.34. The lowest BCUT2D eigenvalue weighted by Gasteiger charge is -2.18. The van der Waals surface area contributed by atoms with Crippen molar-refractivity contribution in [2.45, 2.75) is 26.8 Å². The Balaban J connectivity index is 1.69. The van der Waals surface area contributed by atoms with Crippen molar-refractivity contribution in [1.82, 2.24) is 4.90 Å². The standard InChI is InChI=1S/C20H20ClFN2O2/c1-12-7-13(2)19(16(21)8-12)23-20(26)15-9-18(25)24(11-15)10-14-5-3-4-6-17(14)22/h3-8,15H,9-11H2,1-2H3,(H,23,26). The lowest BCUT2D eigenvalue weighted by Crippen LogP contribution is -2.28. The maximum absolute atomic E-state index is 13.8. The highest BCUT2D eigenvalue weighted by molar-refractivity contribution is 6.34. The van der Waals surface area contributed by atoms with Gasteiger partial charge in [0.05, 0.1) is 16.6 Å². The Morgan fingerprint density at radius 2 is 2.04 bits per heavy atom. The Morgan fingerprint density at radius 1 is 1.31 bits per heavy atom. The highest BCUT2D eigenvalue weighted by atomic mass is 35.5. The van der Waals surface area contributed by atoms with E-state index in [0.717, 1.165) is 11.1 Å². The quantitative estimate of drug-likeness (QED) is 0.876. The van der Waals surface area contributed by atoms with Crippen molar-refractivity contribution in [3.05, 3.63) is 63.9 Å². The van der Waals surface area contributed by atoms with Crippen LogP contribution in [0.2, 0.25) is 5.02 Å². The van der Waals surface area contributed by atoms with Crippen LogP contribution in [0.15, 0.2) is 36.4 Å². The zero-order valence-corrected chi connectivity index (χ0v) is 15.4. The second-order valence-corrected chi connectivity index (χ2v) is 7.10. The van der Waals surface area contributed by atoms with Crippen LogP contribution in [0.3, 0.4) is 0 Å². The van der Waals surface area contributed by atoms with Gasteiger partial charge in [-0.05, 0) is 37.1 Å². The molecule has 1 unspecified atom stereocenters. The summed E-state index contributed by atoms with van der Waals surface area (Å²) >= 11 is 6.23. The third-order valence-electron chi connectivity index (χ3n) is 4.58. The molecular formula is C20H20ClFN2O2. The largest absolute Gasteiger partial charge is 0.337 e. The second-order valence-electron chi connectivity index (χ2n) is 6.69. The van der Waals surface area contributed by atoms with Gasteiger partial charge in [-0.3, -0.25) is 9.59 Å². The van der Waals surface area contributed by atoms with Crippen LogP contribution >= 0.6 is 11.6 Å². The number of hydrogen-bond acceptors (Lipinski definition) is 2. The first kappa shape index (κ1) is 18.4. The number of likely N-dealkylation sites (tertiary alicyclic amines) is 1. The van der Waals surface area contributed by atoms with Crippen LogP contribution in [-0.4, -0.2) is 23.3 Å². The van der Waals surface area contributed by atoms with Crippen molar-refractivity contribution in [3.63, 3.8) is 0 Å². The smallest absolute Gasteiger partial charge is 0.229 e. The average Bonchev–Trinajstić information content (AvgIpc) is 2.94. The van der Waals surface area contributed by atoms with Gasteiger partial charge in [-0.1, -0.05) is 35.9 Å². The summed E-state index contributed by atoms with van der Waals surface area (Å²) in [4.78, 5) is 26.3. The van der Waals surface area contributed by atoms with Crippen molar-refractivity contribution in [2.75, 3.05) is 11.9 Å². The van der Waals surface area contributed by atoms with Gasteiger partial charge in [0.25, 0.3) is 0 Å². The van der Waals surface area contributed by atoms with Gasteiger partial charge in [0.2, 0.25) is 11.8 Å². The predicted octanol–water partition coefficient (Wildman–Crippen LogP) is 4.08. The maximum Gasteiger partial charge on any atom is 0.229 e. The molecule has 1 N–H and O–H groups in total. The minimum Gasteiger partial charge on any atom is -0.337 e. The highest BCUT2D eigenvalue weighted by Crippen LogP contribution is 2.29. The molecule has 1 aliphatic rings. The fourth-order valence-corrected chi connectivity index (χ4v) is 3.60. The van der Waals surface area contributed by atoms with Crippen LogP contribution in [0.4, 0.5) is 10.1 Å². The van der Waals surface area contributed by atoms with Crippen LogP contribution in [0, 0.1) is 25.6 Å². The molecule has 0 aromatic heterocycles. The number of amides is 2. The number of halogens is 2. The van der Waals surface area contributed by atoms with Gasteiger partial charge in [-0.15, -0.1) is 0 Å². The molecule has 3 rings (SSSR count). The molecule has 1 atom stereocenters. The van der Waals surface area contributed by atoms with Gasteiger partial charge in [0.15, 0.2) is 0 Å². The summed E-state index contributed by atoms with van der Waals surface area (Å²) in [7, 11) is 0. The normalized spacial score (nSPS) is 16.8. The molecule has 136 valence electrons. The SMILES string of the molecule is Cc1cc(C)c(NC(=O)C2CC(=O)N(Cc3ccccc3F)C2)c(Cl)c1. The van der Waals surface area contributed by atoms with Gasteiger partial charge in [0.1, 0.15) is 5.82 Å². The summed E-state index contributed by atoms with van der Waals surface area (Å²) < 4.78 is 13.8. The summed E-state index contributed by atoms with van der Waals surface area (Å²) in [5.74, 6) is -1.23. The zero-order chi connectivity index (χ0) is 18.8. The lowest BCUT2D eigenvalue weighted by molar-refractivity contribution is -0.128. The van der Waals surface area contributed by atoms with Crippen LogP contribution in [0.5, 0.6) is 0 Å². The van der Waals surface area contributed by atoms with Gasteiger partial charge in [-0.25, -0.2) is 4.39 Å². The Morgan fingerprint density at radius 3 is 2.73 bits per heavy atom. The molecule has 6 heteroatoms. The van der Waals surface area contributed by atoms with Crippen molar-refractivity contribution in [1.29, 1.82) is 0 Å². The zero-order valence-electron chi connectivity index (χ0n) is 14.7. The van der Waals surface area contributed by atoms with E-state index in [9.17, 15) is 14.0 Å². The molecule has 2 amide bonds. The first-order valence-corrected chi connectivity index (χ1v) is 8.81. The van der Waals surface area contributed by atoms with E-state index in [2.05, 4.69) is 5.32 Å². The molecule has 1 heterocycles. The van der Waals surface area contributed by atoms with E-state index < -0.39 is 5.92 Å². The van der Waals surface area contributed by atoms with E-state index in [-0.39, 0.29) is 37.1 Å². The van der Waals surface area contributed by atoms with Crippen LogP contribution < -0.4 is 5.32 Å². The number of hydrogen-bond donors (Lipinski definition) is 1. The molecule has 26 heavy (non-hydrogen) atoms. The van der Waals surface area contributed by atoms with Gasteiger partial charge in [-0.2, -0.15) is 0 Å². The maximum atomic E-state index is 13.8. The van der Waals surface area contributed by atoms with E-state index in [0.29, 0.717) is 16.3 Å². The second kappa shape index (κ2) is 7.46. The molecule has 0 spiro atoms. The van der Waals surface area contributed by atoms with E-state index in [1.165, 1.54) is 11.0 Å². The van der Waals surface area contributed by atoms with Gasteiger partial charge >= 0.3 is 0 Å². The lowest BCUT2D eigenvalue weighted by atomic mass is 10.1. The third kappa shape index (κ3) is 3.88. The fourth-order valence-electron chi connectivity index (χ4n) is 3.23. The molecule has 0 saturated carbocycles. The van der Waals surface area contributed by atoms with E-state index in [4.69, 9.17) is 11.6 Å². The number of benzene rings is 2. The van der Waals surface area contributed by atoms with Gasteiger partial charge in [0, 0.05) is 25.1 Å². The molecule has 1 saturated heterocycles. The molecule has 0 aliphatic carbocycles. The van der Waals surface area contributed by atoms with E-state index in [1.54, 1.807) is 24.3 Å². The number of nitrogens with one attached hydrogen (secondary N) is 1. The molecule has 1 fully saturated rings. The minimum absolute atomic E-state index is 0.114. The van der Waals surface area contributed by atoms with Crippen molar-refractivity contribution >= 4 is 29.1 Å². The van der Waals surface area contributed by atoms with Crippen LogP contribution in [-0.2, 0) is 16.1 Å². The Kier molecular flexibility index (Phi) is 5.28. The summed E-state index contributed by atoms with van der Waals surface area (Å²) in [6.07, 6.45) is 0.114. The fraction of sp³-hybridized carbons (Fsp3) is 0.300. The molecule has 1 aliphatic heterocycles. The van der Waals surface area contributed by atoms with Crippen LogP contribution in [0.1, 0.15) is 23.1 Å². The van der Waals surface area contributed by atoms with Crippen LogP contribution in [0.25, 0.3) is 0 Å². The number of aryl methyl sites for hydroxylation is 2. The molecule has 4 nitrogen and oxygen atoms in total. The molecule has 0 bridgehead atoms. The number of carbonyl (C=O) groups is 2. The summed E-state index contributed by atoms with van der Waals surface area (Å²) in [5, 5.41) is 3.32. The monoisotopic (exact) mass is 374 g/mol. The predicted molar refractivity (Wildman–Crippen MR) is 99.5 cm³/mol. The Labute approximate surface area is 157 Å². The molecular weight excluding hydrogens is 355 g/mol. The Bertz CT molecular complexity index is 846. The average molecular weight is 375 g/mol. The topological polar surface area (TPSA) is 49.4 Å². The number of rotatable bonds is 4.